The van der Waals surface area contributed by atoms with Crippen LogP contribution >= 0.6 is 0 Å². The van der Waals surface area contributed by atoms with Gasteiger partial charge in [0.1, 0.15) is 36.1 Å². The van der Waals surface area contributed by atoms with E-state index in [0.29, 0.717) is 29.7 Å². The van der Waals surface area contributed by atoms with Gasteiger partial charge in [-0.25, -0.2) is 24.7 Å². The number of carbonyl (C=O) groups is 1. The van der Waals surface area contributed by atoms with E-state index in [2.05, 4.69) is 21.3 Å². The van der Waals surface area contributed by atoms with Gasteiger partial charge in [-0.05, 0) is 48.7 Å². The number of piperazine rings is 1. The molecule has 9 nitrogen and oxygen atoms in total. The molecule has 12 heteroatoms. The first-order valence-electron chi connectivity index (χ1n) is 15.8. The van der Waals surface area contributed by atoms with Crippen molar-refractivity contribution in [2.45, 2.75) is 43.9 Å². The lowest BCUT2D eigenvalue weighted by Crippen LogP contribution is -2.56. The molecule has 7 rings (SSSR count). The average molecular weight is 642 g/mol. The van der Waals surface area contributed by atoms with Crippen LogP contribution in [0.3, 0.4) is 0 Å². The number of hydrogen-bond acceptors (Lipinski definition) is 7. The highest BCUT2D eigenvalue weighted by molar-refractivity contribution is 5.99. The minimum atomic E-state index is -1.10. The number of hydrogen-bond donors (Lipinski definition) is 0. The molecule has 1 amide bonds. The van der Waals surface area contributed by atoms with E-state index in [-0.39, 0.29) is 50.1 Å². The minimum Gasteiger partial charge on any atom is -0.461 e. The Morgan fingerprint density at radius 1 is 1.15 bits per heavy atom. The van der Waals surface area contributed by atoms with Crippen LogP contribution in [0.4, 0.5) is 19.0 Å². The molecule has 3 aliphatic heterocycles. The number of aryl methyl sites for hydroxylation is 1. The maximum atomic E-state index is 16.1. The smallest absolute Gasteiger partial charge is 0.320 e. The summed E-state index contributed by atoms with van der Waals surface area (Å²) in [5.74, 6) is -2.19. The number of carbonyl (C=O) groups excluding carboxylic acids is 1. The topological polar surface area (TPSA) is 79.1 Å². The van der Waals surface area contributed by atoms with Gasteiger partial charge in [0.25, 0.3) is 5.91 Å². The summed E-state index contributed by atoms with van der Waals surface area (Å²) in [5.41, 5.74) is 1.50. The molecule has 47 heavy (non-hydrogen) atoms. The second kappa shape index (κ2) is 12.1. The summed E-state index contributed by atoms with van der Waals surface area (Å²) in [7, 11) is 0. The van der Waals surface area contributed by atoms with E-state index in [1.807, 2.05) is 48.2 Å². The molecule has 0 aliphatic carbocycles. The molecule has 0 spiro atoms. The summed E-state index contributed by atoms with van der Waals surface area (Å²) < 4.78 is 50.7. The van der Waals surface area contributed by atoms with E-state index in [1.54, 1.807) is 0 Å². The Labute approximate surface area is 270 Å². The molecule has 3 fully saturated rings. The van der Waals surface area contributed by atoms with Gasteiger partial charge in [-0.15, -0.1) is 0 Å². The molecule has 3 atom stereocenters. The molecular weight excluding hydrogens is 607 g/mol. The summed E-state index contributed by atoms with van der Waals surface area (Å²) in [6, 6.07) is 12.3. The highest BCUT2D eigenvalue weighted by atomic mass is 19.1. The van der Waals surface area contributed by atoms with Crippen molar-refractivity contribution >= 4 is 33.5 Å². The maximum absolute atomic E-state index is 16.1. The lowest BCUT2D eigenvalue weighted by atomic mass is 9.95. The van der Waals surface area contributed by atoms with Crippen LogP contribution in [-0.2, 0) is 4.79 Å². The Hall–Kier alpha value is -4.76. The summed E-state index contributed by atoms with van der Waals surface area (Å²) in [4.78, 5) is 35.4. The number of amides is 1. The molecule has 5 heterocycles. The predicted molar refractivity (Wildman–Crippen MR) is 173 cm³/mol. The van der Waals surface area contributed by atoms with Crippen LogP contribution in [0.25, 0.3) is 37.9 Å². The Balaban J connectivity index is 1.32. The van der Waals surface area contributed by atoms with Crippen molar-refractivity contribution in [1.82, 2.24) is 24.8 Å². The summed E-state index contributed by atoms with van der Waals surface area (Å²) in [5, 5.41) is 2.16. The number of fused-ring (bicyclic) bond motifs is 3. The van der Waals surface area contributed by atoms with Gasteiger partial charge < -0.3 is 19.4 Å². The lowest BCUT2D eigenvalue weighted by Gasteiger charge is -2.39. The van der Waals surface area contributed by atoms with Gasteiger partial charge in [0.05, 0.1) is 10.9 Å². The first-order chi connectivity index (χ1) is 22.7. The van der Waals surface area contributed by atoms with E-state index >= 15 is 4.39 Å². The number of halogens is 3. The van der Waals surface area contributed by atoms with E-state index in [4.69, 9.17) is 21.3 Å². The fraction of sp³-hybridized carbons (Fsp3) is 0.400. The first-order valence-corrected chi connectivity index (χ1v) is 15.8. The Morgan fingerprint density at radius 3 is 2.74 bits per heavy atom. The van der Waals surface area contributed by atoms with Crippen molar-refractivity contribution < 1.29 is 22.7 Å². The number of alkyl halides is 1. The first kappa shape index (κ1) is 30.9. The zero-order chi connectivity index (χ0) is 32.9. The van der Waals surface area contributed by atoms with Gasteiger partial charge in [-0.3, -0.25) is 9.69 Å². The summed E-state index contributed by atoms with van der Waals surface area (Å²) >= 11 is 0. The van der Waals surface area contributed by atoms with Crippen LogP contribution in [0.15, 0.2) is 54.9 Å². The number of aromatic nitrogens is 3. The van der Waals surface area contributed by atoms with Gasteiger partial charge in [0.15, 0.2) is 11.5 Å². The zero-order valence-electron chi connectivity index (χ0n) is 26.1. The quantitative estimate of drug-likeness (QED) is 0.190. The Kier molecular flexibility index (Phi) is 7.96. The van der Waals surface area contributed by atoms with Crippen LogP contribution in [0, 0.1) is 19.3 Å². The molecule has 0 unspecified atom stereocenters. The molecular formula is C35H34F3N7O2. The molecule has 3 aliphatic rings. The highest BCUT2D eigenvalue weighted by Crippen LogP contribution is 2.41. The molecule has 0 radical (unpaired) electrons. The van der Waals surface area contributed by atoms with E-state index < -0.39 is 35.3 Å². The maximum Gasteiger partial charge on any atom is 0.320 e. The standard InChI is InChI=1S/C35H34F3N7O2/c1-21-7-4-8-23-9-5-10-26(29(21)23)30-28(38)15-27-31(40-30)41-34(47-20-35-11-6-12-44(35)18-24(37)16-35)42-32(27)43-13-14-45(33(46)22(2)36)25(19-43)17-39-3/h4-5,7-10,15,24-25H,2,6,11-14,16-20H2,1H3/t24-,25+,35+/m1/s1. The molecule has 2 aromatic heterocycles. The number of nitrogens with zero attached hydrogens (tertiary/aromatic N) is 7. The van der Waals surface area contributed by atoms with Crippen LogP contribution in [-0.4, -0.2) is 94.3 Å². The van der Waals surface area contributed by atoms with E-state index in [0.717, 1.165) is 35.7 Å². The van der Waals surface area contributed by atoms with Crippen molar-refractivity contribution in [3.05, 3.63) is 77.7 Å². The third kappa shape index (κ3) is 5.52. The number of pyridine rings is 1. The van der Waals surface area contributed by atoms with Crippen molar-refractivity contribution in [3.8, 4) is 17.3 Å². The van der Waals surface area contributed by atoms with Gasteiger partial charge in [0, 0.05) is 38.2 Å². The van der Waals surface area contributed by atoms with Crippen molar-refractivity contribution in [2.24, 2.45) is 0 Å². The highest BCUT2D eigenvalue weighted by Gasteiger charge is 2.49. The van der Waals surface area contributed by atoms with Crippen LogP contribution < -0.4 is 9.64 Å². The molecule has 242 valence electrons. The fourth-order valence-corrected chi connectivity index (χ4v) is 7.60. The van der Waals surface area contributed by atoms with Gasteiger partial charge in [-0.1, -0.05) is 43.0 Å². The van der Waals surface area contributed by atoms with Crippen molar-refractivity contribution in [1.29, 1.82) is 0 Å². The third-order valence-electron chi connectivity index (χ3n) is 9.78. The number of anilines is 1. The second-order valence-electron chi connectivity index (χ2n) is 12.7. The normalized spacial score (nSPS) is 22.9. The van der Waals surface area contributed by atoms with Crippen molar-refractivity contribution in [2.75, 3.05) is 50.8 Å². The molecule has 3 saturated heterocycles. The van der Waals surface area contributed by atoms with Crippen LogP contribution in [0.1, 0.15) is 24.8 Å². The molecule has 0 saturated carbocycles. The molecule has 0 N–H and O–H groups in total. The van der Waals surface area contributed by atoms with Gasteiger partial charge >= 0.3 is 6.01 Å². The van der Waals surface area contributed by atoms with Gasteiger partial charge in [-0.2, -0.15) is 9.97 Å². The largest absolute Gasteiger partial charge is 0.461 e. The van der Waals surface area contributed by atoms with Crippen LogP contribution in [0.2, 0.25) is 0 Å². The monoisotopic (exact) mass is 641 g/mol. The Morgan fingerprint density at radius 2 is 1.96 bits per heavy atom. The van der Waals surface area contributed by atoms with Gasteiger partial charge in [0.2, 0.25) is 6.54 Å². The summed E-state index contributed by atoms with van der Waals surface area (Å²) in [6.45, 7) is 14.3. The molecule has 2 aromatic carbocycles. The molecule has 4 aromatic rings. The lowest BCUT2D eigenvalue weighted by molar-refractivity contribution is -0.131. The second-order valence-corrected chi connectivity index (χ2v) is 12.7. The SMILES string of the molecule is [C-]#[N+]C[C@H]1CN(c2nc(OC[C@@]34CCCN3C[C@H](F)C4)nc3nc(-c4cccc5cccc(C)c45)c(F)cc23)CCN1C(=O)C(=C)F. The van der Waals surface area contributed by atoms with Crippen LogP contribution in [0.5, 0.6) is 6.01 Å². The van der Waals surface area contributed by atoms with Crippen molar-refractivity contribution in [3.63, 3.8) is 0 Å². The number of rotatable bonds is 7. The summed E-state index contributed by atoms with van der Waals surface area (Å²) in [6.07, 6.45) is 1.19. The average Bonchev–Trinajstić information content (AvgIpc) is 3.58. The Bertz CT molecular complexity index is 1940. The third-order valence-corrected chi connectivity index (χ3v) is 9.78. The predicted octanol–water partition coefficient (Wildman–Crippen LogP) is 5.67. The fourth-order valence-electron chi connectivity index (χ4n) is 7.60. The minimum absolute atomic E-state index is 0.0209. The van der Waals surface area contributed by atoms with E-state index in [1.165, 1.54) is 11.0 Å². The zero-order valence-corrected chi connectivity index (χ0v) is 26.1. The molecule has 0 bridgehead atoms. The number of ether oxygens (including phenoxy) is 1. The van der Waals surface area contributed by atoms with E-state index in [9.17, 15) is 13.6 Å². The number of benzene rings is 2.